The van der Waals surface area contributed by atoms with Gasteiger partial charge in [-0.15, -0.1) is 0 Å². The third-order valence-electron chi connectivity index (χ3n) is 2.63. The standard InChI is InChI=1S/C15H20ClFN2O4/c1-6-7-19(14(21)23-15(2,3)4)12-10(17)8-9(11(16)18-12)13(20)22-5/h8H,6-7H2,1-5H3. The Morgan fingerprint density at radius 3 is 2.48 bits per heavy atom. The molecule has 0 aliphatic rings. The predicted octanol–water partition coefficient (Wildman–Crippen LogP) is 3.81. The van der Waals surface area contributed by atoms with Crippen LogP contribution in [0.3, 0.4) is 0 Å². The lowest BCUT2D eigenvalue weighted by Crippen LogP contribution is -2.38. The number of carbonyl (C=O) groups is 2. The first-order valence-corrected chi connectivity index (χ1v) is 7.43. The van der Waals surface area contributed by atoms with Gasteiger partial charge < -0.3 is 9.47 Å². The summed E-state index contributed by atoms with van der Waals surface area (Å²) in [4.78, 5) is 28.6. The zero-order valence-electron chi connectivity index (χ0n) is 13.8. The van der Waals surface area contributed by atoms with E-state index in [1.54, 1.807) is 20.8 Å². The molecular formula is C15H20ClFN2O4. The highest BCUT2D eigenvalue weighted by Gasteiger charge is 2.27. The van der Waals surface area contributed by atoms with Crippen LogP contribution in [0.1, 0.15) is 44.5 Å². The van der Waals surface area contributed by atoms with E-state index in [2.05, 4.69) is 9.72 Å². The van der Waals surface area contributed by atoms with Crippen molar-refractivity contribution in [3.63, 3.8) is 0 Å². The molecule has 0 spiro atoms. The Morgan fingerprint density at radius 1 is 1.39 bits per heavy atom. The molecule has 1 aromatic heterocycles. The van der Waals surface area contributed by atoms with Gasteiger partial charge >= 0.3 is 12.1 Å². The SMILES string of the molecule is CCCN(C(=O)OC(C)(C)C)c1nc(Cl)c(C(=O)OC)cc1F. The monoisotopic (exact) mass is 346 g/mol. The molecule has 0 radical (unpaired) electrons. The number of anilines is 1. The number of carbonyl (C=O) groups excluding carboxylic acids is 2. The molecule has 8 heteroatoms. The molecule has 128 valence electrons. The summed E-state index contributed by atoms with van der Waals surface area (Å²) < 4.78 is 24.1. The number of aromatic nitrogens is 1. The smallest absolute Gasteiger partial charge is 0.416 e. The predicted molar refractivity (Wildman–Crippen MR) is 84.4 cm³/mol. The van der Waals surface area contributed by atoms with E-state index >= 15 is 0 Å². The first-order valence-electron chi connectivity index (χ1n) is 7.05. The summed E-state index contributed by atoms with van der Waals surface area (Å²) >= 11 is 5.90. The molecule has 6 nitrogen and oxygen atoms in total. The van der Waals surface area contributed by atoms with E-state index in [9.17, 15) is 14.0 Å². The van der Waals surface area contributed by atoms with Crippen LogP contribution >= 0.6 is 11.6 Å². The lowest BCUT2D eigenvalue weighted by atomic mass is 10.2. The van der Waals surface area contributed by atoms with Crippen LogP contribution in [-0.2, 0) is 9.47 Å². The molecule has 0 fully saturated rings. The molecular weight excluding hydrogens is 327 g/mol. The van der Waals surface area contributed by atoms with Crippen molar-refractivity contribution in [2.45, 2.75) is 39.7 Å². The fourth-order valence-corrected chi connectivity index (χ4v) is 1.94. The fourth-order valence-electron chi connectivity index (χ4n) is 1.72. The molecule has 1 aromatic rings. The summed E-state index contributed by atoms with van der Waals surface area (Å²) in [5.41, 5.74) is -0.953. The maximum Gasteiger partial charge on any atom is 0.416 e. The van der Waals surface area contributed by atoms with E-state index in [1.165, 1.54) is 0 Å². The van der Waals surface area contributed by atoms with Crippen molar-refractivity contribution >= 4 is 29.5 Å². The minimum Gasteiger partial charge on any atom is -0.465 e. The van der Waals surface area contributed by atoms with E-state index < -0.39 is 23.5 Å². The van der Waals surface area contributed by atoms with Crippen molar-refractivity contribution in [2.24, 2.45) is 0 Å². The minimum atomic E-state index is -0.867. The van der Waals surface area contributed by atoms with Gasteiger partial charge in [0.05, 0.1) is 7.11 Å². The van der Waals surface area contributed by atoms with Gasteiger partial charge in [-0.3, -0.25) is 4.90 Å². The van der Waals surface area contributed by atoms with Crippen molar-refractivity contribution in [3.05, 3.63) is 22.6 Å². The minimum absolute atomic E-state index is 0.187. The number of methoxy groups -OCH3 is 1. The average Bonchev–Trinajstić information content (AvgIpc) is 2.44. The zero-order chi connectivity index (χ0) is 17.8. The molecule has 0 saturated heterocycles. The van der Waals surface area contributed by atoms with Gasteiger partial charge in [-0.1, -0.05) is 18.5 Å². The van der Waals surface area contributed by atoms with E-state index in [0.29, 0.717) is 6.42 Å². The average molecular weight is 347 g/mol. The Kier molecular flexibility index (Phi) is 6.32. The Balaban J connectivity index is 3.25. The quantitative estimate of drug-likeness (QED) is 0.612. The first kappa shape index (κ1) is 19.2. The van der Waals surface area contributed by atoms with E-state index in [-0.39, 0.29) is 23.1 Å². The van der Waals surface area contributed by atoms with Crippen molar-refractivity contribution in [2.75, 3.05) is 18.6 Å². The topological polar surface area (TPSA) is 68.7 Å². The van der Waals surface area contributed by atoms with Gasteiger partial charge in [0.2, 0.25) is 0 Å². The molecule has 0 aliphatic carbocycles. The lowest BCUT2D eigenvalue weighted by molar-refractivity contribution is 0.0576. The van der Waals surface area contributed by atoms with Crippen molar-refractivity contribution in [1.29, 1.82) is 0 Å². The van der Waals surface area contributed by atoms with Crippen LogP contribution < -0.4 is 4.90 Å². The highest BCUT2D eigenvalue weighted by atomic mass is 35.5. The molecule has 1 heterocycles. The van der Waals surface area contributed by atoms with Gasteiger partial charge in [-0.05, 0) is 33.3 Å². The molecule has 0 atom stereocenters. The van der Waals surface area contributed by atoms with Crippen molar-refractivity contribution in [3.8, 4) is 0 Å². The summed E-state index contributed by atoms with van der Waals surface area (Å²) in [6.07, 6.45) is -0.191. The van der Waals surface area contributed by atoms with Gasteiger partial charge in [0.1, 0.15) is 16.3 Å². The first-order chi connectivity index (χ1) is 10.6. The van der Waals surface area contributed by atoms with Crippen LogP contribution in [0.4, 0.5) is 15.0 Å². The van der Waals surface area contributed by atoms with Crippen LogP contribution in [-0.4, -0.2) is 36.3 Å². The summed E-state index contributed by atoms with van der Waals surface area (Å²) in [6.45, 7) is 7.11. The van der Waals surface area contributed by atoms with Gasteiger partial charge in [0.15, 0.2) is 11.6 Å². The van der Waals surface area contributed by atoms with Crippen LogP contribution in [0.5, 0.6) is 0 Å². The highest BCUT2D eigenvalue weighted by molar-refractivity contribution is 6.32. The van der Waals surface area contributed by atoms with Gasteiger partial charge in [-0.25, -0.2) is 19.0 Å². The van der Waals surface area contributed by atoms with Crippen LogP contribution in [0.2, 0.25) is 5.15 Å². The Hall–Kier alpha value is -1.89. The maximum absolute atomic E-state index is 14.3. The Morgan fingerprint density at radius 2 is 2.00 bits per heavy atom. The normalized spacial score (nSPS) is 11.1. The number of nitrogens with zero attached hydrogens (tertiary/aromatic N) is 2. The summed E-state index contributed by atoms with van der Waals surface area (Å²) in [5, 5.41) is -0.252. The summed E-state index contributed by atoms with van der Waals surface area (Å²) in [6, 6.07) is 0.892. The van der Waals surface area contributed by atoms with Crippen LogP contribution in [0.25, 0.3) is 0 Å². The molecule has 0 unspecified atom stereocenters. The molecule has 0 aromatic carbocycles. The van der Waals surface area contributed by atoms with Gasteiger partial charge in [0.25, 0.3) is 0 Å². The third-order valence-corrected chi connectivity index (χ3v) is 2.92. The third kappa shape index (κ3) is 5.06. The second-order valence-electron chi connectivity index (χ2n) is 5.76. The van der Waals surface area contributed by atoms with E-state index in [1.807, 2.05) is 6.92 Å². The van der Waals surface area contributed by atoms with E-state index in [4.69, 9.17) is 16.3 Å². The van der Waals surface area contributed by atoms with Crippen LogP contribution in [0.15, 0.2) is 6.07 Å². The van der Waals surface area contributed by atoms with E-state index in [0.717, 1.165) is 18.1 Å². The number of amides is 1. The van der Waals surface area contributed by atoms with Gasteiger partial charge in [0, 0.05) is 6.54 Å². The number of ether oxygens (including phenoxy) is 2. The molecule has 0 bridgehead atoms. The van der Waals surface area contributed by atoms with Crippen molar-refractivity contribution in [1.82, 2.24) is 4.98 Å². The fraction of sp³-hybridized carbons (Fsp3) is 0.533. The number of rotatable bonds is 4. The number of hydrogen-bond donors (Lipinski definition) is 0. The molecule has 0 saturated carbocycles. The highest BCUT2D eigenvalue weighted by Crippen LogP contribution is 2.25. The number of halogens is 2. The maximum atomic E-state index is 14.3. The van der Waals surface area contributed by atoms with Crippen molar-refractivity contribution < 1.29 is 23.5 Å². The second-order valence-corrected chi connectivity index (χ2v) is 6.11. The molecule has 23 heavy (non-hydrogen) atoms. The number of esters is 1. The summed E-state index contributed by atoms with van der Waals surface area (Å²) in [7, 11) is 1.15. The molecule has 0 N–H and O–H groups in total. The Bertz CT molecular complexity index is 602. The van der Waals surface area contributed by atoms with Crippen LogP contribution in [0, 0.1) is 5.82 Å². The molecule has 1 amide bonds. The molecule has 0 aliphatic heterocycles. The summed E-state index contributed by atoms with van der Waals surface area (Å²) in [5.74, 6) is -1.97. The Labute approximate surface area is 139 Å². The zero-order valence-corrected chi connectivity index (χ0v) is 14.5. The molecule has 1 rings (SSSR count). The second kappa shape index (κ2) is 7.59. The number of pyridine rings is 1. The number of hydrogen-bond acceptors (Lipinski definition) is 5. The largest absolute Gasteiger partial charge is 0.465 e. The lowest BCUT2D eigenvalue weighted by Gasteiger charge is -2.27. The van der Waals surface area contributed by atoms with Gasteiger partial charge in [-0.2, -0.15) is 0 Å².